The molecule has 4 aromatic heterocycles. The first kappa shape index (κ1) is 16.5. The number of hydrogen-bond donors (Lipinski definition) is 0. The lowest BCUT2D eigenvalue weighted by Crippen LogP contribution is -2.19. The van der Waals surface area contributed by atoms with Crippen LogP contribution in [0.4, 0.5) is 5.82 Å². The van der Waals surface area contributed by atoms with E-state index in [1.54, 1.807) is 29.9 Å². The van der Waals surface area contributed by atoms with Crippen molar-refractivity contribution < 1.29 is 0 Å². The molecule has 4 rings (SSSR count). The molecular weight excluding hydrogens is 344 g/mol. The van der Waals surface area contributed by atoms with Crippen LogP contribution in [-0.2, 0) is 6.54 Å². The minimum Gasteiger partial charge on any atom is -0.353 e. The highest BCUT2D eigenvalue weighted by Crippen LogP contribution is 2.36. The van der Waals surface area contributed by atoms with E-state index in [-0.39, 0.29) is 0 Å². The van der Waals surface area contributed by atoms with Crippen molar-refractivity contribution in [2.75, 3.05) is 11.9 Å². The van der Waals surface area contributed by atoms with Gasteiger partial charge in [-0.15, -0.1) is 11.3 Å². The Morgan fingerprint density at radius 1 is 1.08 bits per heavy atom. The lowest BCUT2D eigenvalue weighted by Gasteiger charge is -2.19. The van der Waals surface area contributed by atoms with Crippen LogP contribution in [-0.4, -0.2) is 32.2 Å². The van der Waals surface area contributed by atoms with Crippen LogP contribution in [0.1, 0.15) is 16.1 Å². The zero-order chi connectivity index (χ0) is 18.1. The molecule has 0 spiro atoms. The van der Waals surface area contributed by atoms with Gasteiger partial charge in [0.15, 0.2) is 5.82 Å². The van der Waals surface area contributed by atoms with E-state index < -0.39 is 0 Å². The van der Waals surface area contributed by atoms with E-state index >= 15 is 0 Å². The van der Waals surface area contributed by atoms with Crippen molar-refractivity contribution in [2.45, 2.75) is 20.4 Å². The first-order chi connectivity index (χ1) is 12.6. The molecule has 4 aromatic rings. The Bertz CT molecular complexity index is 1050. The fraction of sp³-hybridized carbons (Fsp3) is 0.211. The van der Waals surface area contributed by atoms with Gasteiger partial charge in [0.1, 0.15) is 10.6 Å². The molecule has 7 heteroatoms. The first-order valence-corrected chi connectivity index (χ1v) is 9.11. The van der Waals surface area contributed by atoms with Crippen LogP contribution >= 0.6 is 11.3 Å². The van der Waals surface area contributed by atoms with Crippen LogP contribution in [0.15, 0.2) is 42.9 Å². The number of aryl methyl sites for hydroxylation is 2. The molecule has 0 bridgehead atoms. The van der Waals surface area contributed by atoms with Crippen molar-refractivity contribution in [1.29, 1.82) is 0 Å². The van der Waals surface area contributed by atoms with E-state index in [0.29, 0.717) is 12.4 Å². The summed E-state index contributed by atoms with van der Waals surface area (Å²) in [6.45, 7) is 4.87. The maximum absolute atomic E-state index is 4.87. The molecule has 0 atom stereocenters. The highest BCUT2D eigenvalue weighted by atomic mass is 32.1. The summed E-state index contributed by atoms with van der Waals surface area (Å²) in [6.07, 6.45) is 5.22. The second-order valence-electron chi connectivity index (χ2n) is 6.15. The summed E-state index contributed by atoms with van der Waals surface area (Å²) in [4.78, 5) is 18.2. The van der Waals surface area contributed by atoms with Crippen LogP contribution in [0, 0.1) is 13.8 Å². The molecule has 0 N–H and O–H groups in total. The fourth-order valence-corrected chi connectivity index (χ4v) is 3.89. The minimum atomic E-state index is 0.626. The number of nitrogens with zero attached hydrogens (tertiary/aromatic N) is 6. The standard InChI is InChI=1S/C19H18N6S/c1-12-13(2)26-19-16(12)18(25(3)11-15-7-5-9-21-24-15)22-17(23-19)14-6-4-8-20-10-14/h4-10H,11H2,1-3H3. The topological polar surface area (TPSA) is 67.7 Å². The van der Waals surface area contributed by atoms with E-state index in [4.69, 9.17) is 9.97 Å². The molecule has 0 amide bonds. The average molecular weight is 362 g/mol. The Balaban J connectivity index is 1.85. The highest BCUT2D eigenvalue weighted by molar-refractivity contribution is 7.18. The van der Waals surface area contributed by atoms with Gasteiger partial charge in [0.2, 0.25) is 0 Å². The summed E-state index contributed by atoms with van der Waals surface area (Å²) in [5, 5.41) is 9.26. The number of fused-ring (bicyclic) bond motifs is 1. The molecule has 130 valence electrons. The molecule has 26 heavy (non-hydrogen) atoms. The van der Waals surface area contributed by atoms with Gasteiger partial charge in [0, 0.05) is 36.1 Å². The summed E-state index contributed by atoms with van der Waals surface area (Å²) >= 11 is 1.70. The lowest BCUT2D eigenvalue weighted by molar-refractivity contribution is 0.831. The SMILES string of the molecule is Cc1sc2nc(-c3cccnc3)nc(N(C)Cc3cccnn3)c2c1C. The molecule has 0 fully saturated rings. The molecule has 0 aliphatic carbocycles. The monoisotopic (exact) mass is 362 g/mol. The van der Waals surface area contributed by atoms with E-state index in [2.05, 4.69) is 33.9 Å². The van der Waals surface area contributed by atoms with Gasteiger partial charge in [-0.2, -0.15) is 10.2 Å². The van der Waals surface area contributed by atoms with Gasteiger partial charge in [0.05, 0.1) is 17.6 Å². The number of hydrogen-bond acceptors (Lipinski definition) is 7. The lowest BCUT2D eigenvalue weighted by atomic mass is 10.2. The molecule has 0 aliphatic rings. The second-order valence-corrected chi connectivity index (χ2v) is 7.35. The quantitative estimate of drug-likeness (QED) is 0.550. The van der Waals surface area contributed by atoms with Crippen molar-refractivity contribution in [2.24, 2.45) is 0 Å². The van der Waals surface area contributed by atoms with E-state index in [1.807, 2.05) is 31.3 Å². The van der Waals surface area contributed by atoms with Crippen molar-refractivity contribution in [3.05, 3.63) is 59.0 Å². The number of anilines is 1. The van der Waals surface area contributed by atoms with Crippen LogP contribution in [0.3, 0.4) is 0 Å². The van der Waals surface area contributed by atoms with Gasteiger partial charge in [0.25, 0.3) is 0 Å². The van der Waals surface area contributed by atoms with Gasteiger partial charge in [-0.05, 0) is 43.7 Å². The molecule has 4 heterocycles. The first-order valence-electron chi connectivity index (χ1n) is 8.29. The zero-order valence-corrected chi connectivity index (χ0v) is 15.7. The number of rotatable bonds is 4. The number of pyridine rings is 1. The molecule has 0 radical (unpaired) electrons. The van der Waals surface area contributed by atoms with Crippen molar-refractivity contribution in [1.82, 2.24) is 25.1 Å². The van der Waals surface area contributed by atoms with Crippen LogP contribution in [0.2, 0.25) is 0 Å². The van der Waals surface area contributed by atoms with Gasteiger partial charge in [-0.25, -0.2) is 9.97 Å². The van der Waals surface area contributed by atoms with E-state index in [1.165, 1.54) is 10.4 Å². The summed E-state index contributed by atoms with van der Waals surface area (Å²) < 4.78 is 0. The van der Waals surface area contributed by atoms with E-state index in [9.17, 15) is 0 Å². The molecule has 0 aromatic carbocycles. The Labute approximate surface area is 155 Å². The largest absolute Gasteiger partial charge is 0.353 e. The number of aromatic nitrogens is 5. The number of thiophene rings is 1. The Morgan fingerprint density at radius 2 is 1.92 bits per heavy atom. The van der Waals surface area contributed by atoms with Gasteiger partial charge < -0.3 is 4.90 Å². The molecule has 0 aliphatic heterocycles. The van der Waals surface area contributed by atoms with Crippen molar-refractivity contribution in [3.8, 4) is 11.4 Å². The van der Waals surface area contributed by atoms with Crippen LogP contribution in [0.25, 0.3) is 21.6 Å². The Kier molecular flexibility index (Phi) is 4.30. The van der Waals surface area contributed by atoms with Crippen molar-refractivity contribution in [3.63, 3.8) is 0 Å². The average Bonchev–Trinajstić information content (AvgIpc) is 2.96. The normalized spacial score (nSPS) is 11.0. The minimum absolute atomic E-state index is 0.626. The third-order valence-corrected chi connectivity index (χ3v) is 5.42. The predicted octanol–water partition coefficient (Wildman–Crippen LogP) is 3.80. The smallest absolute Gasteiger partial charge is 0.164 e. The summed E-state index contributed by atoms with van der Waals surface area (Å²) in [7, 11) is 2.02. The highest BCUT2D eigenvalue weighted by Gasteiger charge is 2.18. The third-order valence-electron chi connectivity index (χ3n) is 4.32. The van der Waals surface area contributed by atoms with Gasteiger partial charge in [-0.3, -0.25) is 4.98 Å². The van der Waals surface area contributed by atoms with Crippen LogP contribution in [0.5, 0.6) is 0 Å². The summed E-state index contributed by atoms with van der Waals surface area (Å²) in [5.74, 6) is 1.59. The second kappa shape index (κ2) is 6.76. The van der Waals surface area contributed by atoms with Gasteiger partial charge >= 0.3 is 0 Å². The zero-order valence-electron chi connectivity index (χ0n) is 14.8. The maximum atomic E-state index is 4.87. The van der Waals surface area contributed by atoms with Crippen LogP contribution < -0.4 is 4.90 Å². The fourth-order valence-electron chi connectivity index (χ4n) is 2.86. The Hall–Kier alpha value is -2.93. The molecule has 0 saturated heterocycles. The predicted molar refractivity (Wildman–Crippen MR) is 104 cm³/mol. The molecule has 0 unspecified atom stereocenters. The summed E-state index contributed by atoms with van der Waals surface area (Å²) in [5.41, 5.74) is 3.03. The van der Waals surface area contributed by atoms with E-state index in [0.717, 1.165) is 27.3 Å². The van der Waals surface area contributed by atoms with Crippen molar-refractivity contribution >= 4 is 27.4 Å². The molecule has 0 saturated carbocycles. The molecule has 6 nitrogen and oxygen atoms in total. The Morgan fingerprint density at radius 3 is 2.65 bits per heavy atom. The maximum Gasteiger partial charge on any atom is 0.164 e. The summed E-state index contributed by atoms with van der Waals surface area (Å²) in [6, 6.07) is 7.74. The third kappa shape index (κ3) is 3.01. The van der Waals surface area contributed by atoms with Gasteiger partial charge in [-0.1, -0.05) is 0 Å². The molecular formula is C19H18N6S.